The van der Waals surface area contributed by atoms with Crippen LogP contribution in [0.2, 0.25) is 0 Å². The maximum Gasteiger partial charge on any atom is 0.241 e. The number of nitrogens with zero attached hydrogens (tertiary/aromatic N) is 1. The summed E-state index contributed by atoms with van der Waals surface area (Å²) in [7, 11) is -3.63. The number of benzene rings is 2. The van der Waals surface area contributed by atoms with E-state index in [1.54, 1.807) is 24.3 Å². The van der Waals surface area contributed by atoms with E-state index in [-0.39, 0.29) is 24.6 Å². The Morgan fingerprint density at radius 2 is 1.69 bits per heavy atom. The van der Waals surface area contributed by atoms with Gasteiger partial charge in [0.2, 0.25) is 15.9 Å². The van der Waals surface area contributed by atoms with Crippen molar-refractivity contribution < 1.29 is 17.9 Å². The van der Waals surface area contributed by atoms with Crippen molar-refractivity contribution in [2.75, 3.05) is 17.1 Å². The first-order chi connectivity index (χ1) is 13.5. The van der Waals surface area contributed by atoms with Gasteiger partial charge in [0.1, 0.15) is 12.3 Å². The molecule has 2 aromatic rings. The van der Waals surface area contributed by atoms with E-state index in [9.17, 15) is 13.2 Å². The minimum absolute atomic E-state index is 0.0178. The second-order valence-electron chi connectivity index (χ2n) is 7.58. The maximum absolute atomic E-state index is 12.6. The molecule has 0 spiro atoms. The lowest BCUT2D eigenvalue weighted by molar-refractivity contribution is -0.120. The second kappa shape index (κ2) is 9.31. The summed E-state index contributed by atoms with van der Waals surface area (Å²) in [5.74, 6) is 0.275. The normalized spacial score (nSPS) is 12.5. The second-order valence-corrected chi connectivity index (χ2v) is 9.49. The number of carbonyl (C=O) groups is 1. The zero-order valence-corrected chi connectivity index (χ0v) is 18.7. The Labute approximate surface area is 173 Å². The molecular weight excluding hydrogens is 388 g/mol. The van der Waals surface area contributed by atoms with Crippen molar-refractivity contribution in [1.82, 2.24) is 5.32 Å². The number of carbonyl (C=O) groups excluding carboxylic acids is 1. The van der Waals surface area contributed by atoms with Crippen molar-refractivity contribution in [3.8, 4) is 5.75 Å². The zero-order valence-electron chi connectivity index (χ0n) is 17.9. The third-order valence-electron chi connectivity index (χ3n) is 4.46. The molecule has 2 aromatic carbocycles. The minimum Gasteiger partial charge on any atom is -0.491 e. The molecule has 1 N–H and O–H groups in total. The van der Waals surface area contributed by atoms with Gasteiger partial charge in [-0.05, 0) is 70.0 Å². The fourth-order valence-corrected chi connectivity index (χ4v) is 3.94. The Balaban J connectivity index is 2.16. The number of hydrogen-bond donors (Lipinski definition) is 1. The lowest BCUT2D eigenvalue weighted by Gasteiger charge is -2.24. The molecule has 0 radical (unpaired) electrons. The summed E-state index contributed by atoms with van der Waals surface area (Å²) in [6.45, 7) is 9.41. The first kappa shape index (κ1) is 22.7. The Kier molecular flexibility index (Phi) is 7.30. The smallest absolute Gasteiger partial charge is 0.241 e. The van der Waals surface area contributed by atoms with Crippen molar-refractivity contribution in [2.24, 2.45) is 0 Å². The number of nitrogens with one attached hydrogen (secondary N) is 1. The van der Waals surface area contributed by atoms with Gasteiger partial charge in [0.05, 0.1) is 24.1 Å². The number of sulfonamides is 1. The number of rotatable bonds is 8. The van der Waals surface area contributed by atoms with Gasteiger partial charge in [-0.15, -0.1) is 0 Å². The topological polar surface area (TPSA) is 75.7 Å². The molecule has 6 nitrogen and oxygen atoms in total. The van der Waals surface area contributed by atoms with E-state index in [0.717, 1.165) is 27.3 Å². The average molecular weight is 419 g/mol. The van der Waals surface area contributed by atoms with Crippen LogP contribution >= 0.6 is 0 Å². The highest BCUT2D eigenvalue weighted by Crippen LogP contribution is 2.23. The monoisotopic (exact) mass is 418 g/mol. The molecule has 0 fully saturated rings. The maximum atomic E-state index is 12.6. The highest BCUT2D eigenvalue weighted by atomic mass is 32.2. The average Bonchev–Trinajstić information content (AvgIpc) is 2.61. The van der Waals surface area contributed by atoms with Crippen LogP contribution in [0.15, 0.2) is 42.5 Å². The van der Waals surface area contributed by atoms with Crippen LogP contribution in [0.4, 0.5) is 5.69 Å². The number of aryl methyl sites for hydroxylation is 2. The van der Waals surface area contributed by atoms with Gasteiger partial charge < -0.3 is 10.1 Å². The summed E-state index contributed by atoms with van der Waals surface area (Å²) in [6.07, 6.45) is 1.11. The molecule has 7 heteroatoms. The van der Waals surface area contributed by atoms with Crippen LogP contribution in [0.3, 0.4) is 0 Å². The lowest BCUT2D eigenvalue weighted by atomic mass is 10.00. The summed E-state index contributed by atoms with van der Waals surface area (Å²) in [6, 6.07) is 12.5. The molecule has 0 saturated heterocycles. The van der Waals surface area contributed by atoms with Crippen LogP contribution in [0.25, 0.3) is 0 Å². The standard InChI is InChI=1S/C22H30N2O4S/c1-15(2)28-20-11-9-19(10-12-20)24(29(6,26)27)14-22(25)23-18(5)21-13-16(3)7-8-17(21)4/h7-13,15,18H,14H2,1-6H3,(H,23,25)/t18-/m1/s1. The van der Waals surface area contributed by atoms with Crippen molar-refractivity contribution in [3.05, 3.63) is 59.2 Å². The molecule has 0 saturated carbocycles. The molecular formula is C22H30N2O4S. The summed E-state index contributed by atoms with van der Waals surface area (Å²) in [5.41, 5.74) is 3.61. The van der Waals surface area contributed by atoms with E-state index in [0.29, 0.717) is 11.4 Å². The molecule has 0 aromatic heterocycles. The molecule has 0 aliphatic heterocycles. The fourth-order valence-electron chi connectivity index (χ4n) is 3.08. The van der Waals surface area contributed by atoms with Crippen LogP contribution in [0.1, 0.15) is 43.5 Å². The van der Waals surface area contributed by atoms with Crippen LogP contribution in [0, 0.1) is 13.8 Å². The molecule has 0 aliphatic carbocycles. The molecule has 0 unspecified atom stereocenters. The third-order valence-corrected chi connectivity index (χ3v) is 5.60. The Bertz CT molecular complexity index is 953. The molecule has 0 bridgehead atoms. The van der Waals surface area contributed by atoms with E-state index >= 15 is 0 Å². The highest BCUT2D eigenvalue weighted by Gasteiger charge is 2.22. The van der Waals surface area contributed by atoms with E-state index in [2.05, 4.69) is 5.32 Å². The number of anilines is 1. The highest BCUT2D eigenvalue weighted by molar-refractivity contribution is 7.92. The molecule has 158 valence electrons. The summed E-state index contributed by atoms with van der Waals surface area (Å²) < 4.78 is 31.3. The predicted octanol–water partition coefficient (Wildman–Crippen LogP) is 3.73. The van der Waals surface area contributed by atoms with Crippen LogP contribution < -0.4 is 14.4 Å². The van der Waals surface area contributed by atoms with Crippen LogP contribution in [-0.2, 0) is 14.8 Å². The van der Waals surface area contributed by atoms with E-state index in [4.69, 9.17) is 4.74 Å². The van der Waals surface area contributed by atoms with E-state index in [1.165, 1.54) is 0 Å². The lowest BCUT2D eigenvalue weighted by Crippen LogP contribution is -2.41. The quantitative estimate of drug-likeness (QED) is 0.709. The largest absolute Gasteiger partial charge is 0.491 e. The van der Waals surface area contributed by atoms with Gasteiger partial charge in [-0.3, -0.25) is 9.10 Å². The summed E-state index contributed by atoms with van der Waals surface area (Å²) in [5, 5.41) is 2.90. The molecule has 1 amide bonds. The Morgan fingerprint density at radius 1 is 1.07 bits per heavy atom. The van der Waals surface area contributed by atoms with Gasteiger partial charge in [-0.2, -0.15) is 0 Å². The van der Waals surface area contributed by atoms with Crippen molar-refractivity contribution in [2.45, 2.75) is 46.8 Å². The molecule has 0 aliphatic rings. The van der Waals surface area contributed by atoms with Gasteiger partial charge in [-0.25, -0.2) is 8.42 Å². The third kappa shape index (κ3) is 6.49. The van der Waals surface area contributed by atoms with Crippen LogP contribution in [-0.4, -0.2) is 33.2 Å². The minimum atomic E-state index is -3.63. The summed E-state index contributed by atoms with van der Waals surface area (Å²) in [4.78, 5) is 12.6. The number of ether oxygens (including phenoxy) is 1. The first-order valence-electron chi connectivity index (χ1n) is 9.58. The van der Waals surface area contributed by atoms with Crippen LogP contribution in [0.5, 0.6) is 5.75 Å². The SMILES string of the molecule is Cc1ccc(C)c([C@@H](C)NC(=O)CN(c2ccc(OC(C)C)cc2)S(C)(=O)=O)c1. The van der Waals surface area contributed by atoms with E-state index in [1.807, 2.05) is 52.8 Å². The van der Waals surface area contributed by atoms with Gasteiger partial charge in [0, 0.05) is 0 Å². The molecule has 0 heterocycles. The van der Waals surface area contributed by atoms with Gasteiger partial charge in [0.15, 0.2) is 0 Å². The molecule has 29 heavy (non-hydrogen) atoms. The van der Waals surface area contributed by atoms with Crippen molar-refractivity contribution >= 4 is 21.6 Å². The van der Waals surface area contributed by atoms with Gasteiger partial charge in [0.25, 0.3) is 0 Å². The van der Waals surface area contributed by atoms with E-state index < -0.39 is 10.0 Å². The molecule has 2 rings (SSSR count). The van der Waals surface area contributed by atoms with Gasteiger partial charge >= 0.3 is 0 Å². The number of hydrogen-bond acceptors (Lipinski definition) is 4. The van der Waals surface area contributed by atoms with Crippen molar-refractivity contribution in [3.63, 3.8) is 0 Å². The first-order valence-corrected chi connectivity index (χ1v) is 11.4. The Morgan fingerprint density at radius 3 is 2.24 bits per heavy atom. The van der Waals surface area contributed by atoms with Gasteiger partial charge in [-0.1, -0.05) is 23.8 Å². The van der Waals surface area contributed by atoms with Crippen molar-refractivity contribution in [1.29, 1.82) is 0 Å². The predicted molar refractivity (Wildman–Crippen MR) is 117 cm³/mol. The number of amides is 1. The fraction of sp³-hybridized carbons (Fsp3) is 0.409. The zero-order chi connectivity index (χ0) is 21.8. The Hall–Kier alpha value is -2.54. The summed E-state index contributed by atoms with van der Waals surface area (Å²) >= 11 is 0. The molecule has 1 atom stereocenters.